The Morgan fingerprint density at radius 2 is 2.11 bits per heavy atom. The number of methoxy groups -OCH3 is 1. The Kier molecular flexibility index (Phi) is 4.26. The van der Waals surface area contributed by atoms with Crippen molar-refractivity contribution in [2.24, 2.45) is 5.84 Å². The molecule has 0 aromatic carbocycles. The van der Waals surface area contributed by atoms with Crippen LogP contribution in [-0.2, 0) is 0 Å². The fourth-order valence-electron chi connectivity index (χ4n) is 1.77. The van der Waals surface area contributed by atoms with Crippen LogP contribution in [0.15, 0.2) is 30.7 Å². The minimum atomic E-state index is -0.618. The standard InChI is InChI=1S/C12H12ClFN4O/c1-19-12-10(14)8(3-5-17-12)11(18-15)7-2-4-16-6-9(7)13/h2-6,11,18H,15H2,1H3. The van der Waals surface area contributed by atoms with Crippen LogP contribution in [0.2, 0.25) is 5.02 Å². The third-order valence-corrected chi connectivity index (χ3v) is 2.99. The summed E-state index contributed by atoms with van der Waals surface area (Å²) < 4.78 is 19.0. The van der Waals surface area contributed by atoms with Crippen LogP contribution in [0.4, 0.5) is 4.39 Å². The molecule has 2 heterocycles. The predicted molar refractivity (Wildman–Crippen MR) is 69.2 cm³/mol. The lowest BCUT2D eigenvalue weighted by Gasteiger charge is -2.19. The number of pyridine rings is 2. The van der Waals surface area contributed by atoms with Crippen molar-refractivity contribution >= 4 is 11.6 Å². The molecule has 1 unspecified atom stereocenters. The molecule has 0 aliphatic rings. The van der Waals surface area contributed by atoms with Crippen molar-refractivity contribution in [2.45, 2.75) is 6.04 Å². The maximum absolute atomic E-state index is 14.2. The highest BCUT2D eigenvalue weighted by atomic mass is 35.5. The molecule has 7 heteroatoms. The lowest BCUT2D eigenvalue weighted by Crippen LogP contribution is -2.30. The van der Waals surface area contributed by atoms with E-state index in [-0.39, 0.29) is 5.88 Å². The van der Waals surface area contributed by atoms with Gasteiger partial charge in [-0.15, -0.1) is 0 Å². The summed E-state index contributed by atoms with van der Waals surface area (Å²) in [6.45, 7) is 0. The number of halogens is 2. The van der Waals surface area contributed by atoms with Crippen molar-refractivity contribution in [1.29, 1.82) is 0 Å². The van der Waals surface area contributed by atoms with Gasteiger partial charge in [0.25, 0.3) is 0 Å². The Morgan fingerprint density at radius 1 is 1.37 bits per heavy atom. The maximum atomic E-state index is 14.2. The number of hydrogen-bond donors (Lipinski definition) is 2. The van der Waals surface area contributed by atoms with Crippen LogP contribution < -0.4 is 16.0 Å². The molecule has 19 heavy (non-hydrogen) atoms. The number of nitrogens with one attached hydrogen (secondary N) is 1. The summed E-state index contributed by atoms with van der Waals surface area (Å²) in [5.74, 6) is 4.83. The highest BCUT2D eigenvalue weighted by Crippen LogP contribution is 2.30. The normalized spacial score (nSPS) is 12.2. The number of aromatic nitrogens is 2. The summed E-state index contributed by atoms with van der Waals surface area (Å²) in [7, 11) is 1.35. The van der Waals surface area contributed by atoms with Crippen LogP contribution in [-0.4, -0.2) is 17.1 Å². The van der Waals surface area contributed by atoms with Crippen LogP contribution in [0.1, 0.15) is 17.2 Å². The van der Waals surface area contributed by atoms with Crippen LogP contribution in [0.5, 0.6) is 5.88 Å². The monoisotopic (exact) mass is 282 g/mol. The van der Waals surface area contributed by atoms with Crippen LogP contribution in [0.25, 0.3) is 0 Å². The SMILES string of the molecule is COc1nccc(C(NN)c2ccncc2Cl)c1F. The second kappa shape index (κ2) is 5.92. The third kappa shape index (κ3) is 2.65. The lowest BCUT2D eigenvalue weighted by molar-refractivity contribution is 0.364. The van der Waals surface area contributed by atoms with Gasteiger partial charge in [0.05, 0.1) is 18.2 Å². The van der Waals surface area contributed by atoms with Crippen molar-refractivity contribution < 1.29 is 9.13 Å². The molecule has 1 atom stereocenters. The first-order chi connectivity index (χ1) is 9.19. The summed E-state index contributed by atoms with van der Waals surface area (Å²) in [5.41, 5.74) is 3.44. The molecule has 0 saturated carbocycles. The van der Waals surface area contributed by atoms with Gasteiger partial charge >= 0.3 is 0 Å². The second-order valence-corrected chi connectivity index (χ2v) is 4.13. The van der Waals surface area contributed by atoms with Crippen molar-refractivity contribution in [1.82, 2.24) is 15.4 Å². The Balaban J connectivity index is 2.52. The molecule has 0 aliphatic carbocycles. The molecule has 3 N–H and O–H groups in total. The summed E-state index contributed by atoms with van der Waals surface area (Å²) in [6.07, 6.45) is 4.47. The summed E-state index contributed by atoms with van der Waals surface area (Å²) in [6, 6.07) is 2.56. The van der Waals surface area contributed by atoms with E-state index in [9.17, 15) is 4.39 Å². The molecule has 0 amide bonds. The highest BCUT2D eigenvalue weighted by Gasteiger charge is 2.21. The summed E-state index contributed by atoms with van der Waals surface area (Å²) >= 11 is 6.05. The van der Waals surface area contributed by atoms with Gasteiger partial charge in [-0.25, -0.2) is 14.8 Å². The minimum absolute atomic E-state index is 0.0945. The van der Waals surface area contributed by atoms with Gasteiger partial charge in [-0.05, 0) is 17.7 Å². The number of nitrogens with zero attached hydrogens (tertiary/aromatic N) is 2. The molecule has 0 spiro atoms. The van der Waals surface area contributed by atoms with E-state index in [0.29, 0.717) is 16.1 Å². The van der Waals surface area contributed by atoms with Gasteiger partial charge in [0.15, 0.2) is 5.82 Å². The van der Waals surface area contributed by atoms with E-state index in [1.54, 1.807) is 12.3 Å². The van der Waals surface area contributed by atoms with E-state index in [0.717, 1.165) is 0 Å². The van der Waals surface area contributed by atoms with Gasteiger partial charge < -0.3 is 4.74 Å². The van der Waals surface area contributed by atoms with Gasteiger partial charge in [0.2, 0.25) is 5.88 Å². The zero-order valence-electron chi connectivity index (χ0n) is 10.1. The fraction of sp³-hybridized carbons (Fsp3) is 0.167. The smallest absolute Gasteiger partial charge is 0.250 e. The minimum Gasteiger partial charge on any atom is -0.479 e. The second-order valence-electron chi connectivity index (χ2n) is 3.72. The Morgan fingerprint density at radius 3 is 2.74 bits per heavy atom. The number of hydrogen-bond acceptors (Lipinski definition) is 5. The average molecular weight is 283 g/mol. The van der Waals surface area contributed by atoms with E-state index in [2.05, 4.69) is 15.4 Å². The van der Waals surface area contributed by atoms with E-state index in [1.807, 2.05) is 0 Å². The van der Waals surface area contributed by atoms with Crippen molar-refractivity contribution in [3.63, 3.8) is 0 Å². The molecule has 2 aromatic heterocycles. The molecular weight excluding hydrogens is 271 g/mol. The Hall–Kier alpha value is -1.76. The molecule has 0 radical (unpaired) electrons. The summed E-state index contributed by atoms with van der Waals surface area (Å²) in [4.78, 5) is 7.66. The lowest BCUT2D eigenvalue weighted by atomic mass is 10.0. The van der Waals surface area contributed by atoms with Gasteiger partial charge in [0, 0.05) is 24.2 Å². The molecule has 0 saturated heterocycles. The van der Waals surface area contributed by atoms with Gasteiger partial charge in [-0.3, -0.25) is 10.8 Å². The number of ether oxygens (including phenoxy) is 1. The topological polar surface area (TPSA) is 73.1 Å². The quantitative estimate of drug-likeness (QED) is 0.661. The van der Waals surface area contributed by atoms with Crippen LogP contribution in [0, 0.1) is 5.82 Å². The number of nitrogens with two attached hydrogens (primary N) is 1. The van der Waals surface area contributed by atoms with Gasteiger partial charge in [0.1, 0.15) is 0 Å². The first-order valence-electron chi connectivity index (χ1n) is 5.43. The van der Waals surface area contributed by atoms with Crippen molar-refractivity contribution in [3.8, 4) is 5.88 Å². The third-order valence-electron chi connectivity index (χ3n) is 2.67. The fourth-order valence-corrected chi connectivity index (χ4v) is 2.00. The molecule has 0 fully saturated rings. The van der Waals surface area contributed by atoms with Crippen molar-refractivity contribution in [2.75, 3.05) is 7.11 Å². The molecule has 2 aromatic rings. The molecule has 5 nitrogen and oxygen atoms in total. The van der Waals surface area contributed by atoms with Gasteiger partial charge in [-0.1, -0.05) is 11.6 Å². The van der Waals surface area contributed by atoms with E-state index in [1.165, 1.54) is 25.6 Å². The Labute approximate surface area is 114 Å². The molecular formula is C12H12ClFN4O. The average Bonchev–Trinajstić information content (AvgIpc) is 2.43. The zero-order chi connectivity index (χ0) is 13.8. The van der Waals surface area contributed by atoms with Crippen LogP contribution in [0.3, 0.4) is 0 Å². The van der Waals surface area contributed by atoms with Crippen LogP contribution >= 0.6 is 11.6 Å². The number of hydrazine groups is 1. The van der Waals surface area contributed by atoms with Crippen molar-refractivity contribution in [3.05, 3.63) is 52.7 Å². The van der Waals surface area contributed by atoms with Gasteiger partial charge in [-0.2, -0.15) is 0 Å². The van der Waals surface area contributed by atoms with E-state index in [4.69, 9.17) is 22.2 Å². The largest absolute Gasteiger partial charge is 0.479 e. The first kappa shape index (κ1) is 13.7. The zero-order valence-corrected chi connectivity index (χ0v) is 10.9. The molecule has 0 bridgehead atoms. The number of rotatable bonds is 4. The summed E-state index contributed by atoms with van der Waals surface area (Å²) in [5, 5.41) is 0.389. The van der Waals surface area contributed by atoms with E-state index >= 15 is 0 Å². The molecule has 100 valence electrons. The first-order valence-corrected chi connectivity index (χ1v) is 5.80. The molecule has 2 rings (SSSR count). The maximum Gasteiger partial charge on any atom is 0.250 e. The Bertz CT molecular complexity index is 581. The highest BCUT2D eigenvalue weighted by molar-refractivity contribution is 6.31. The molecule has 0 aliphatic heterocycles. The predicted octanol–water partition coefficient (Wildman–Crippen LogP) is 1.83. The van der Waals surface area contributed by atoms with E-state index < -0.39 is 11.9 Å².